The fraction of sp³-hybridized carbons (Fsp3) is 0.333. The van der Waals surface area contributed by atoms with E-state index in [1.807, 2.05) is 12.1 Å². The second-order valence-electron chi connectivity index (χ2n) is 4.79. The van der Waals surface area contributed by atoms with E-state index in [0.29, 0.717) is 0 Å². The second-order valence-corrected chi connectivity index (χ2v) is 4.79. The van der Waals surface area contributed by atoms with E-state index in [4.69, 9.17) is 4.42 Å². The number of benzene rings is 1. The molecule has 0 saturated heterocycles. The Morgan fingerprint density at radius 3 is 2.25 bits per heavy atom. The van der Waals surface area contributed by atoms with Crippen LogP contribution >= 0.6 is 0 Å². The molecule has 2 aromatic rings. The Labute approximate surface area is 97.1 Å². The highest BCUT2D eigenvalue weighted by atomic mass is 16.3. The average molecular weight is 214 g/mol. The maximum absolute atomic E-state index is 5.37. The summed E-state index contributed by atoms with van der Waals surface area (Å²) in [6, 6.07) is 12.6. The first-order valence-corrected chi connectivity index (χ1v) is 5.78. The van der Waals surface area contributed by atoms with Crippen molar-refractivity contribution in [2.75, 3.05) is 0 Å². The van der Waals surface area contributed by atoms with Crippen molar-refractivity contribution < 1.29 is 4.42 Å². The van der Waals surface area contributed by atoms with Gasteiger partial charge < -0.3 is 4.42 Å². The van der Waals surface area contributed by atoms with Gasteiger partial charge in [-0.25, -0.2) is 0 Å². The molecule has 2 rings (SSSR count). The predicted molar refractivity (Wildman–Crippen MR) is 67.5 cm³/mol. The Kier molecular flexibility index (Phi) is 2.86. The van der Waals surface area contributed by atoms with Crippen LogP contribution in [0.3, 0.4) is 0 Å². The number of furan rings is 1. The van der Waals surface area contributed by atoms with Crippen molar-refractivity contribution in [3.05, 3.63) is 48.2 Å². The zero-order valence-corrected chi connectivity index (χ0v) is 10.2. The standard InChI is InChI=1S/C15H18O/c1-4-15(2,3)13-9-7-12(8-10-13)14-6-5-11-16-14/h5-11H,4H2,1-3H3. The SMILES string of the molecule is CCC(C)(C)c1ccc(-c2ccco2)cc1. The molecule has 84 valence electrons. The van der Waals surface area contributed by atoms with Crippen LogP contribution < -0.4 is 0 Å². The van der Waals surface area contributed by atoms with E-state index in [2.05, 4.69) is 45.0 Å². The Bertz CT molecular complexity index is 435. The van der Waals surface area contributed by atoms with Gasteiger partial charge >= 0.3 is 0 Å². The molecule has 0 saturated carbocycles. The van der Waals surface area contributed by atoms with E-state index in [-0.39, 0.29) is 5.41 Å². The molecule has 0 radical (unpaired) electrons. The van der Waals surface area contributed by atoms with Crippen molar-refractivity contribution in [1.82, 2.24) is 0 Å². The minimum absolute atomic E-state index is 0.252. The summed E-state index contributed by atoms with van der Waals surface area (Å²) in [5.41, 5.74) is 2.77. The third kappa shape index (κ3) is 2.04. The smallest absolute Gasteiger partial charge is 0.133 e. The van der Waals surface area contributed by atoms with Crippen LogP contribution in [0, 0.1) is 0 Å². The van der Waals surface area contributed by atoms with Crippen LogP contribution in [-0.2, 0) is 5.41 Å². The Morgan fingerprint density at radius 2 is 1.75 bits per heavy atom. The van der Waals surface area contributed by atoms with Gasteiger partial charge in [0, 0.05) is 5.56 Å². The fourth-order valence-electron chi connectivity index (χ4n) is 1.73. The van der Waals surface area contributed by atoms with Crippen molar-refractivity contribution in [1.29, 1.82) is 0 Å². The van der Waals surface area contributed by atoms with Crippen LogP contribution in [0.1, 0.15) is 32.8 Å². The van der Waals surface area contributed by atoms with Gasteiger partial charge in [0.15, 0.2) is 0 Å². The predicted octanol–water partition coefficient (Wildman–Crippen LogP) is 4.63. The van der Waals surface area contributed by atoms with Crippen LogP contribution in [0.25, 0.3) is 11.3 Å². The van der Waals surface area contributed by atoms with Crippen LogP contribution in [-0.4, -0.2) is 0 Å². The molecule has 0 N–H and O–H groups in total. The Hall–Kier alpha value is -1.50. The number of hydrogen-bond acceptors (Lipinski definition) is 1. The maximum Gasteiger partial charge on any atom is 0.133 e. The number of rotatable bonds is 3. The highest BCUT2D eigenvalue weighted by molar-refractivity contribution is 5.57. The summed E-state index contributed by atoms with van der Waals surface area (Å²) >= 11 is 0. The molecule has 0 amide bonds. The molecule has 1 heterocycles. The van der Waals surface area contributed by atoms with E-state index in [1.54, 1.807) is 6.26 Å². The molecule has 1 heteroatoms. The molecule has 1 nitrogen and oxygen atoms in total. The zero-order chi connectivity index (χ0) is 11.6. The summed E-state index contributed by atoms with van der Waals surface area (Å²) in [4.78, 5) is 0. The second kappa shape index (κ2) is 4.17. The quantitative estimate of drug-likeness (QED) is 0.725. The first kappa shape index (κ1) is 11.0. The summed E-state index contributed by atoms with van der Waals surface area (Å²) in [5, 5.41) is 0. The molecule has 0 atom stereocenters. The van der Waals surface area contributed by atoms with Gasteiger partial charge in [0.05, 0.1) is 6.26 Å². The molecule has 0 aliphatic heterocycles. The zero-order valence-electron chi connectivity index (χ0n) is 10.2. The summed E-state index contributed by atoms with van der Waals surface area (Å²) in [6.07, 6.45) is 2.85. The van der Waals surface area contributed by atoms with Gasteiger partial charge in [-0.3, -0.25) is 0 Å². The van der Waals surface area contributed by atoms with Gasteiger partial charge in [-0.05, 0) is 29.5 Å². The molecule has 0 fully saturated rings. The topological polar surface area (TPSA) is 13.1 Å². The van der Waals surface area contributed by atoms with E-state index < -0.39 is 0 Å². The number of hydrogen-bond donors (Lipinski definition) is 0. The molecule has 0 aliphatic rings. The minimum atomic E-state index is 0.252. The largest absolute Gasteiger partial charge is 0.464 e. The van der Waals surface area contributed by atoms with Crippen LogP contribution in [0.2, 0.25) is 0 Å². The van der Waals surface area contributed by atoms with Gasteiger partial charge in [-0.15, -0.1) is 0 Å². The van der Waals surface area contributed by atoms with Crippen LogP contribution in [0.5, 0.6) is 0 Å². The molecule has 0 spiro atoms. The lowest BCUT2D eigenvalue weighted by molar-refractivity contribution is 0.506. The van der Waals surface area contributed by atoms with Gasteiger partial charge in [0.1, 0.15) is 5.76 Å². The lowest BCUT2D eigenvalue weighted by atomic mass is 9.82. The Morgan fingerprint density at radius 1 is 1.06 bits per heavy atom. The van der Waals surface area contributed by atoms with Crippen molar-refractivity contribution in [2.24, 2.45) is 0 Å². The molecule has 0 bridgehead atoms. The molecule has 16 heavy (non-hydrogen) atoms. The molecular formula is C15H18O. The fourth-order valence-corrected chi connectivity index (χ4v) is 1.73. The monoisotopic (exact) mass is 214 g/mol. The van der Waals surface area contributed by atoms with Crippen LogP contribution in [0.4, 0.5) is 0 Å². The first-order chi connectivity index (χ1) is 7.63. The minimum Gasteiger partial charge on any atom is -0.464 e. The third-order valence-corrected chi connectivity index (χ3v) is 3.36. The van der Waals surface area contributed by atoms with E-state index in [0.717, 1.165) is 17.7 Å². The van der Waals surface area contributed by atoms with Gasteiger partial charge in [-0.1, -0.05) is 45.0 Å². The van der Waals surface area contributed by atoms with Crippen molar-refractivity contribution in [3.8, 4) is 11.3 Å². The highest BCUT2D eigenvalue weighted by Crippen LogP contribution is 2.29. The molecule has 0 unspecified atom stereocenters. The molecular weight excluding hydrogens is 196 g/mol. The Balaban J connectivity index is 2.30. The molecule has 0 aliphatic carbocycles. The summed E-state index contributed by atoms with van der Waals surface area (Å²) in [5.74, 6) is 0.931. The summed E-state index contributed by atoms with van der Waals surface area (Å²) in [7, 11) is 0. The summed E-state index contributed by atoms with van der Waals surface area (Å²) in [6.45, 7) is 6.77. The van der Waals surface area contributed by atoms with Crippen molar-refractivity contribution in [3.63, 3.8) is 0 Å². The maximum atomic E-state index is 5.37. The average Bonchev–Trinajstić information content (AvgIpc) is 2.83. The molecule has 1 aromatic heterocycles. The van der Waals surface area contributed by atoms with Gasteiger partial charge in [-0.2, -0.15) is 0 Å². The summed E-state index contributed by atoms with van der Waals surface area (Å²) < 4.78 is 5.37. The van der Waals surface area contributed by atoms with Crippen molar-refractivity contribution >= 4 is 0 Å². The lowest BCUT2D eigenvalue weighted by Gasteiger charge is -2.23. The first-order valence-electron chi connectivity index (χ1n) is 5.78. The van der Waals surface area contributed by atoms with Crippen molar-refractivity contribution in [2.45, 2.75) is 32.6 Å². The van der Waals surface area contributed by atoms with Gasteiger partial charge in [0.2, 0.25) is 0 Å². The lowest BCUT2D eigenvalue weighted by Crippen LogP contribution is -2.14. The highest BCUT2D eigenvalue weighted by Gasteiger charge is 2.17. The van der Waals surface area contributed by atoms with E-state index in [1.165, 1.54) is 5.56 Å². The van der Waals surface area contributed by atoms with Gasteiger partial charge in [0.25, 0.3) is 0 Å². The third-order valence-electron chi connectivity index (χ3n) is 3.36. The normalized spacial score (nSPS) is 11.7. The van der Waals surface area contributed by atoms with E-state index in [9.17, 15) is 0 Å². The van der Waals surface area contributed by atoms with E-state index >= 15 is 0 Å². The van der Waals surface area contributed by atoms with Crippen LogP contribution in [0.15, 0.2) is 47.1 Å². The molecule has 1 aromatic carbocycles.